The Bertz CT molecular complexity index is 1250. The molecule has 1 aliphatic carbocycles. The Morgan fingerprint density at radius 2 is 1.71 bits per heavy atom. The van der Waals surface area contributed by atoms with E-state index in [0.717, 1.165) is 17.6 Å². The van der Waals surface area contributed by atoms with E-state index in [2.05, 4.69) is 45.2 Å². The molecule has 1 aromatic carbocycles. The van der Waals surface area contributed by atoms with Crippen LogP contribution < -0.4 is 5.32 Å². The summed E-state index contributed by atoms with van der Waals surface area (Å²) in [5.74, 6) is -1.70. The quantitative estimate of drug-likeness (QED) is 0.217. The van der Waals surface area contributed by atoms with Gasteiger partial charge in [-0.1, -0.05) is 67.5 Å². The lowest BCUT2D eigenvalue weighted by Gasteiger charge is -2.39. The average Bonchev–Trinajstić information content (AvgIpc) is 2.89. The summed E-state index contributed by atoms with van der Waals surface area (Å²) in [6.45, 7) is 10.7. The van der Waals surface area contributed by atoms with E-state index in [-0.39, 0.29) is 17.7 Å². The summed E-state index contributed by atoms with van der Waals surface area (Å²) in [6.07, 6.45) is 7.98. The second-order valence-corrected chi connectivity index (χ2v) is 11.7. The van der Waals surface area contributed by atoms with E-state index < -0.39 is 36.5 Å². The maximum Gasteiger partial charge on any atom is 0.335 e. The number of aliphatic hydroxyl groups excluding tert-OH is 3. The van der Waals surface area contributed by atoms with Crippen molar-refractivity contribution < 1.29 is 34.8 Å². The van der Waals surface area contributed by atoms with E-state index in [1.54, 1.807) is 24.3 Å². The van der Waals surface area contributed by atoms with Crippen molar-refractivity contribution in [2.75, 3.05) is 5.32 Å². The number of anilines is 1. The van der Waals surface area contributed by atoms with Crippen molar-refractivity contribution in [3.8, 4) is 0 Å². The molecular weight excluding hydrogens is 522 g/mol. The largest absolute Gasteiger partial charge is 0.479 e. The number of nitrogens with one attached hydrogen (secondary N) is 1. The zero-order valence-corrected chi connectivity index (χ0v) is 24.5. The molecule has 5 atom stereocenters. The maximum atomic E-state index is 12.5. The molecule has 0 spiro atoms. The first-order valence-corrected chi connectivity index (χ1v) is 14.0. The van der Waals surface area contributed by atoms with E-state index in [4.69, 9.17) is 4.74 Å². The first-order chi connectivity index (χ1) is 19.3. The van der Waals surface area contributed by atoms with E-state index in [9.17, 15) is 30.0 Å². The van der Waals surface area contributed by atoms with Crippen molar-refractivity contribution in [1.82, 2.24) is 0 Å². The molecule has 1 amide bonds. The predicted octanol–water partition coefficient (Wildman–Crippen LogP) is 4.63. The van der Waals surface area contributed by atoms with Crippen LogP contribution in [0.5, 0.6) is 0 Å². The molecule has 8 heteroatoms. The number of aliphatic hydroxyl groups is 3. The number of benzene rings is 1. The molecule has 0 radical (unpaired) electrons. The molecule has 1 aromatic rings. The molecule has 1 saturated heterocycles. The van der Waals surface area contributed by atoms with Gasteiger partial charge >= 0.3 is 5.97 Å². The number of hydrogen-bond donors (Lipinski definition) is 5. The van der Waals surface area contributed by atoms with Gasteiger partial charge in [0.25, 0.3) is 0 Å². The van der Waals surface area contributed by atoms with Crippen LogP contribution >= 0.6 is 0 Å². The van der Waals surface area contributed by atoms with E-state index in [0.29, 0.717) is 11.3 Å². The topological polar surface area (TPSA) is 136 Å². The van der Waals surface area contributed by atoms with Crippen molar-refractivity contribution in [1.29, 1.82) is 0 Å². The summed E-state index contributed by atoms with van der Waals surface area (Å²) >= 11 is 0. The Morgan fingerprint density at radius 3 is 2.34 bits per heavy atom. The first kappa shape index (κ1) is 32.2. The molecule has 1 fully saturated rings. The van der Waals surface area contributed by atoms with Gasteiger partial charge in [-0.2, -0.15) is 0 Å². The highest BCUT2D eigenvalue weighted by molar-refractivity contribution is 5.99. The number of allylic oxidation sites excluding steroid dienone is 9. The molecule has 2 aliphatic rings. The standard InChI is InChI=1S/C33H43NO7/c1-20(11-16-25-22(3)10-7-17-33(25,4)5)8-6-9-21(2)18-27(35)34-24-14-12-23(13-15-24)19-26-28(36)29(37)30(38)31(41-26)32(39)40/h6,8-9,11-16,18,26,28-31,36-38H,7,10,17,19H2,1-5H3,(H,34,35)(H,39,40)/b9-6+,16-11+,20-8+,21-18+/t26-,28-,29+,30-,31-/m0/s1. The van der Waals surface area contributed by atoms with E-state index in [1.165, 1.54) is 30.1 Å². The van der Waals surface area contributed by atoms with Gasteiger partial charge in [0.15, 0.2) is 6.10 Å². The van der Waals surface area contributed by atoms with Gasteiger partial charge in [-0.25, -0.2) is 4.79 Å². The fraction of sp³-hybridized carbons (Fsp3) is 0.455. The van der Waals surface area contributed by atoms with Crippen LogP contribution in [0, 0.1) is 5.41 Å². The van der Waals surface area contributed by atoms with Gasteiger partial charge in [0.05, 0.1) is 6.10 Å². The van der Waals surface area contributed by atoms with Gasteiger partial charge in [-0.05, 0) is 74.3 Å². The van der Waals surface area contributed by atoms with Gasteiger partial charge < -0.3 is 30.5 Å². The second-order valence-electron chi connectivity index (χ2n) is 11.7. The zero-order chi connectivity index (χ0) is 30.3. The van der Waals surface area contributed by atoms with Crippen LogP contribution in [0.4, 0.5) is 5.69 Å². The van der Waals surface area contributed by atoms with Crippen LogP contribution in [0.25, 0.3) is 0 Å². The highest BCUT2D eigenvalue weighted by Gasteiger charge is 2.46. The van der Waals surface area contributed by atoms with Gasteiger partial charge in [0.1, 0.15) is 18.3 Å². The van der Waals surface area contributed by atoms with Gasteiger partial charge in [-0.15, -0.1) is 0 Å². The minimum Gasteiger partial charge on any atom is -0.479 e. The van der Waals surface area contributed by atoms with Crippen LogP contribution in [-0.4, -0.2) is 62.8 Å². The Balaban J connectivity index is 1.54. The molecule has 0 aromatic heterocycles. The highest BCUT2D eigenvalue weighted by atomic mass is 16.6. The number of aliphatic carboxylic acids is 1. The third kappa shape index (κ3) is 8.84. The Kier molecular flexibility index (Phi) is 11.0. The minimum absolute atomic E-state index is 0.115. The van der Waals surface area contributed by atoms with Crippen LogP contribution in [-0.2, 0) is 20.7 Å². The molecule has 222 valence electrons. The third-order valence-electron chi connectivity index (χ3n) is 7.75. The van der Waals surface area contributed by atoms with Crippen molar-refractivity contribution in [3.63, 3.8) is 0 Å². The molecular formula is C33H43NO7. The van der Waals surface area contributed by atoms with Gasteiger partial charge in [0, 0.05) is 18.2 Å². The van der Waals surface area contributed by atoms with Gasteiger partial charge in [-0.3, -0.25) is 4.79 Å². The average molecular weight is 566 g/mol. The maximum absolute atomic E-state index is 12.5. The summed E-state index contributed by atoms with van der Waals surface area (Å²) in [5.41, 5.74) is 6.26. The Labute approximate surface area is 242 Å². The Morgan fingerprint density at radius 1 is 1.02 bits per heavy atom. The fourth-order valence-corrected chi connectivity index (χ4v) is 5.35. The predicted molar refractivity (Wildman–Crippen MR) is 159 cm³/mol. The molecule has 0 saturated carbocycles. The number of rotatable bonds is 9. The summed E-state index contributed by atoms with van der Waals surface area (Å²) in [5, 5.41) is 42.1. The summed E-state index contributed by atoms with van der Waals surface area (Å²) in [4.78, 5) is 23.8. The number of carboxylic acids is 1. The lowest BCUT2D eigenvalue weighted by molar-refractivity contribution is -0.227. The van der Waals surface area contributed by atoms with Crippen LogP contribution in [0.15, 0.2) is 83.0 Å². The van der Waals surface area contributed by atoms with E-state index >= 15 is 0 Å². The lowest BCUT2D eigenvalue weighted by Crippen LogP contribution is -2.60. The smallest absolute Gasteiger partial charge is 0.335 e. The number of carbonyl (C=O) groups is 2. The monoisotopic (exact) mass is 565 g/mol. The van der Waals surface area contributed by atoms with Crippen molar-refractivity contribution in [2.24, 2.45) is 5.41 Å². The number of ether oxygens (including phenoxy) is 1. The molecule has 3 rings (SSSR count). The van der Waals surface area contributed by atoms with Crippen molar-refractivity contribution in [3.05, 3.63) is 88.6 Å². The first-order valence-electron chi connectivity index (χ1n) is 14.0. The van der Waals surface area contributed by atoms with Crippen LogP contribution in [0.1, 0.15) is 59.4 Å². The Hall–Kier alpha value is -3.30. The number of amides is 1. The van der Waals surface area contributed by atoms with Crippen LogP contribution in [0.2, 0.25) is 0 Å². The molecule has 1 aliphatic heterocycles. The molecule has 41 heavy (non-hydrogen) atoms. The fourth-order valence-electron chi connectivity index (χ4n) is 5.35. The van der Waals surface area contributed by atoms with E-state index in [1.807, 2.05) is 25.2 Å². The summed E-state index contributed by atoms with van der Waals surface area (Å²) in [7, 11) is 0. The molecule has 0 bridgehead atoms. The normalized spacial score (nSPS) is 27.5. The number of hydrogen-bond acceptors (Lipinski definition) is 6. The van der Waals surface area contributed by atoms with Gasteiger partial charge in [0.2, 0.25) is 5.91 Å². The highest BCUT2D eigenvalue weighted by Crippen LogP contribution is 2.40. The zero-order valence-electron chi connectivity index (χ0n) is 24.5. The number of carboxylic acid groups (broad SMARTS) is 1. The second kappa shape index (κ2) is 14.0. The summed E-state index contributed by atoms with van der Waals surface area (Å²) in [6, 6.07) is 6.79. The summed E-state index contributed by atoms with van der Waals surface area (Å²) < 4.78 is 5.33. The third-order valence-corrected chi connectivity index (χ3v) is 7.75. The molecule has 1 heterocycles. The van der Waals surface area contributed by atoms with Crippen molar-refractivity contribution >= 4 is 17.6 Å². The molecule has 8 nitrogen and oxygen atoms in total. The molecule has 5 N–H and O–H groups in total. The lowest BCUT2D eigenvalue weighted by atomic mass is 9.72. The SMILES string of the molecule is CC1=C(/C=C/C(C)=C/C=C/C(C)=C/C(=O)Nc2ccc(C[C@@H]3O[C@H](C(=O)O)[C@@H](O)[C@H](O)[C@H]3O)cc2)C(C)(C)CCC1. The van der Waals surface area contributed by atoms with Crippen LogP contribution in [0.3, 0.4) is 0 Å². The minimum atomic E-state index is -1.72. The van der Waals surface area contributed by atoms with Crippen molar-refractivity contribution in [2.45, 2.75) is 90.8 Å². The molecule has 0 unspecified atom stereocenters. The number of carbonyl (C=O) groups excluding carboxylic acids is 1.